The smallest absolute Gasteiger partial charge is 0.233 e. The van der Waals surface area contributed by atoms with Crippen LogP contribution in [0.25, 0.3) is 0 Å². The Balaban J connectivity index is 1.55. The van der Waals surface area contributed by atoms with Gasteiger partial charge < -0.3 is 20.1 Å². The maximum Gasteiger partial charge on any atom is 0.233 e. The summed E-state index contributed by atoms with van der Waals surface area (Å²) in [7, 11) is 0. The second kappa shape index (κ2) is 11.1. The molecule has 0 unspecified atom stereocenters. The van der Waals surface area contributed by atoms with Crippen LogP contribution < -0.4 is 20.1 Å². The van der Waals surface area contributed by atoms with Gasteiger partial charge in [-0.2, -0.15) is 15.0 Å². The summed E-state index contributed by atoms with van der Waals surface area (Å²) >= 11 is 3.16. The number of benzene rings is 2. The quantitative estimate of drug-likeness (QED) is 0.431. The van der Waals surface area contributed by atoms with Gasteiger partial charge in [0.15, 0.2) is 0 Å². The van der Waals surface area contributed by atoms with Gasteiger partial charge in [-0.05, 0) is 74.1 Å². The Kier molecular flexibility index (Phi) is 7.68. The van der Waals surface area contributed by atoms with Crippen molar-refractivity contribution in [3.05, 3.63) is 48.5 Å². The standard InChI is InChI=1S/C22H24N6O2S2/c1-3-29-17-9-5-15(6-10-17)24-19-26-20(25-16-7-11-18(12-8-16)30-4-2)28-21(27-19)32-22-23-13-14-31-22/h5-12H,3-4,13-14H2,1-2H3,(H2,24,25,26,27,28). The molecule has 10 heteroatoms. The molecule has 0 radical (unpaired) electrons. The average molecular weight is 469 g/mol. The average Bonchev–Trinajstić information content (AvgIpc) is 3.30. The van der Waals surface area contributed by atoms with Crippen molar-refractivity contribution in [3.8, 4) is 11.5 Å². The largest absolute Gasteiger partial charge is 0.494 e. The van der Waals surface area contributed by atoms with E-state index in [0.29, 0.717) is 30.3 Å². The number of ether oxygens (including phenoxy) is 2. The second-order valence-electron chi connectivity index (χ2n) is 6.53. The summed E-state index contributed by atoms with van der Waals surface area (Å²) < 4.78 is 12.0. The van der Waals surface area contributed by atoms with Crippen molar-refractivity contribution in [1.82, 2.24) is 15.0 Å². The van der Waals surface area contributed by atoms with E-state index in [0.717, 1.165) is 39.5 Å². The minimum Gasteiger partial charge on any atom is -0.494 e. The van der Waals surface area contributed by atoms with E-state index >= 15 is 0 Å². The zero-order valence-corrected chi connectivity index (χ0v) is 19.5. The Morgan fingerprint density at radius 3 is 1.78 bits per heavy atom. The molecule has 1 aliphatic rings. The van der Waals surface area contributed by atoms with Gasteiger partial charge >= 0.3 is 0 Å². The first kappa shape index (κ1) is 22.2. The van der Waals surface area contributed by atoms with Gasteiger partial charge in [-0.3, -0.25) is 4.99 Å². The topological polar surface area (TPSA) is 93.5 Å². The molecule has 1 aliphatic heterocycles. The summed E-state index contributed by atoms with van der Waals surface area (Å²) in [5.74, 6) is 3.52. The van der Waals surface area contributed by atoms with Gasteiger partial charge in [-0.1, -0.05) is 11.8 Å². The van der Waals surface area contributed by atoms with Crippen LogP contribution in [0.1, 0.15) is 13.8 Å². The zero-order chi connectivity index (χ0) is 22.2. The fraction of sp³-hybridized carbons (Fsp3) is 0.273. The lowest BCUT2D eigenvalue weighted by Crippen LogP contribution is -2.05. The minimum absolute atomic E-state index is 0.448. The molecule has 0 fully saturated rings. The van der Waals surface area contributed by atoms with Crippen LogP contribution in [-0.2, 0) is 0 Å². The van der Waals surface area contributed by atoms with Gasteiger partial charge in [0.05, 0.1) is 19.8 Å². The van der Waals surface area contributed by atoms with Crippen molar-refractivity contribution in [2.75, 3.05) is 36.1 Å². The normalized spacial score (nSPS) is 12.9. The van der Waals surface area contributed by atoms with E-state index in [1.807, 2.05) is 62.4 Å². The predicted molar refractivity (Wildman–Crippen MR) is 132 cm³/mol. The minimum atomic E-state index is 0.448. The lowest BCUT2D eigenvalue weighted by Gasteiger charge is -2.11. The van der Waals surface area contributed by atoms with Gasteiger partial charge in [0.1, 0.15) is 15.9 Å². The Hall–Kier alpha value is -2.98. The molecule has 2 aromatic carbocycles. The first-order valence-corrected chi connectivity index (χ1v) is 12.1. The molecule has 3 aromatic rings. The van der Waals surface area contributed by atoms with Crippen LogP contribution in [0.3, 0.4) is 0 Å². The van der Waals surface area contributed by atoms with Gasteiger partial charge in [0.25, 0.3) is 0 Å². The van der Waals surface area contributed by atoms with Crippen molar-refractivity contribution in [1.29, 1.82) is 0 Å². The summed E-state index contributed by atoms with van der Waals surface area (Å²) in [6, 6.07) is 15.3. The highest BCUT2D eigenvalue weighted by molar-refractivity contribution is 8.39. The lowest BCUT2D eigenvalue weighted by atomic mass is 10.3. The van der Waals surface area contributed by atoms with Crippen LogP contribution in [0.5, 0.6) is 11.5 Å². The molecule has 0 spiro atoms. The van der Waals surface area contributed by atoms with Crippen molar-refractivity contribution >= 4 is 51.2 Å². The highest BCUT2D eigenvalue weighted by atomic mass is 32.2. The summed E-state index contributed by atoms with van der Waals surface area (Å²) in [6.07, 6.45) is 0. The van der Waals surface area contributed by atoms with E-state index < -0.39 is 0 Å². The molecule has 0 atom stereocenters. The van der Waals surface area contributed by atoms with E-state index in [1.54, 1.807) is 11.8 Å². The first-order chi connectivity index (χ1) is 15.7. The number of aliphatic imine (C=N–C) groups is 1. The SMILES string of the molecule is CCOc1ccc(Nc2nc(Nc3ccc(OCC)cc3)nc(SC3=NCCS3)n2)cc1. The van der Waals surface area contributed by atoms with E-state index in [-0.39, 0.29) is 0 Å². The maximum absolute atomic E-state index is 5.51. The number of nitrogens with one attached hydrogen (secondary N) is 2. The lowest BCUT2D eigenvalue weighted by molar-refractivity contribution is 0.340. The molecule has 1 aromatic heterocycles. The predicted octanol–water partition coefficient (Wildman–Crippen LogP) is 5.35. The van der Waals surface area contributed by atoms with Gasteiger partial charge in [-0.15, -0.1) is 0 Å². The molecule has 0 amide bonds. The molecule has 32 heavy (non-hydrogen) atoms. The second-order valence-corrected chi connectivity index (χ2v) is 8.83. The van der Waals surface area contributed by atoms with E-state index in [9.17, 15) is 0 Å². The third-order valence-corrected chi connectivity index (χ3v) is 6.23. The third kappa shape index (κ3) is 6.27. The molecule has 8 nitrogen and oxygen atoms in total. The molecule has 2 N–H and O–H groups in total. The third-order valence-electron chi connectivity index (χ3n) is 4.19. The summed E-state index contributed by atoms with van der Waals surface area (Å²) in [4.78, 5) is 18.2. The Morgan fingerprint density at radius 2 is 1.34 bits per heavy atom. The van der Waals surface area contributed by atoms with E-state index in [1.165, 1.54) is 11.8 Å². The van der Waals surface area contributed by atoms with Crippen LogP contribution in [-0.4, -0.2) is 44.8 Å². The molecule has 2 heterocycles. The highest BCUT2D eigenvalue weighted by Gasteiger charge is 2.14. The highest BCUT2D eigenvalue weighted by Crippen LogP contribution is 2.29. The Morgan fingerprint density at radius 1 is 0.812 bits per heavy atom. The number of nitrogens with zero attached hydrogens (tertiary/aromatic N) is 4. The van der Waals surface area contributed by atoms with Gasteiger partial charge in [-0.25, -0.2) is 0 Å². The van der Waals surface area contributed by atoms with Crippen molar-refractivity contribution in [3.63, 3.8) is 0 Å². The fourth-order valence-corrected chi connectivity index (χ4v) is 4.66. The molecule has 0 saturated heterocycles. The monoisotopic (exact) mass is 468 g/mol. The Bertz CT molecular complexity index is 991. The number of rotatable bonds is 9. The summed E-state index contributed by atoms with van der Waals surface area (Å²) in [5.41, 5.74) is 1.71. The maximum atomic E-state index is 5.51. The Labute approximate surface area is 195 Å². The number of anilines is 4. The van der Waals surface area contributed by atoms with Crippen LogP contribution in [0, 0.1) is 0 Å². The molecular weight excluding hydrogens is 444 g/mol. The van der Waals surface area contributed by atoms with E-state index in [2.05, 4.69) is 30.6 Å². The van der Waals surface area contributed by atoms with E-state index in [4.69, 9.17) is 9.47 Å². The molecule has 0 saturated carbocycles. The zero-order valence-electron chi connectivity index (χ0n) is 17.9. The van der Waals surface area contributed by atoms with Crippen molar-refractivity contribution in [2.45, 2.75) is 19.0 Å². The number of thioether (sulfide) groups is 2. The van der Waals surface area contributed by atoms with Crippen LogP contribution in [0.15, 0.2) is 58.7 Å². The number of hydrogen-bond acceptors (Lipinski definition) is 10. The number of hydrogen-bond donors (Lipinski definition) is 2. The van der Waals surface area contributed by atoms with Crippen LogP contribution >= 0.6 is 23.5 Å². The van der Waals surface area contributed by atoms with Gasteiger partial charge in [0.2, 0.25) is 17.1 Å². The fourth-order valence-electron chi connectivity index (χ4n) is 2.83. The van der Waals surface area contributed by atoms with Crippen LogP contribution in [0.4, 0.5) is 23.3 Å². The van der Waals surface area contributed by atoms with Gasteiger partial charge in [0, 0.05) is 17.1 Å². The number of aromatic nitrogens is 3. The first-order valence-electron chi connectivity index (χ1n) is 10.3. The van der Waals surface area contributed by atoms with Crippen LogP contribution in [0.2, 0.25) is 0 Å². The molecule has 0 aliphatic carbocycles. The molecule has 166 valence electrons. The molecule has 0 bridgehead atoms. The van der Waals surface area contributed by atoms with Crippen molar-refractivity contribution in [2.24, 2.45) is 4.99 Å². The summed E-state index contributed by atoms with van der Waals surface area (Å²) in [5, 5.41) is 7.08. The molecular formula is C22H24N6O2S2. The molecule has 4 rings (SSSR count). The van der Waals surface area contributed by atoms with Crippen molar-refractivity contribution < 1.29 is 9.47 Å². The summed E-state index contributed by atoms with van der Waals surface area (Å²) in [6.45, 7) is 6.00.